The van der Waals surface area contributed by atoms with Gasteiger partial charge in [0.25, 0.3) is 0 Å². The van der Waals surface area contributed by atoms with Crippen molar-refractivity contribution in [2.24, 2.45) is 10.7 Å². The molecule has 0 fully saturated rings. The number of halogens is 1. The zero-order valence-corrected chi connectivity index (χ0v) is 12.1. The molecule has 0 aliphatic heterocycles. The number of guanidine groups is 1. The van der Waals surface area contributed by atoms with Crippen LogP contribution in [0.15, 0.2) is 29.4 Å². The molecule has 0 spiro atoms. The first kappa shape index (κ1) is 15.7. The molecule has 4 nitrogen and oxygen atoms in total. The van der Waals surface area contributed by atoms with Gasteiger partial charge in [-0.1, -0.05) is 12.0 Å². The van der Waals surface area contributed by atoms with Crippen molar-refractivity contribution >= 4 is 29.9 Å². The zero-order chi connectivity index (χ0) is 11.6. The fourth-order valence-corrected chi connectivity index (χ4v) is 1.12. The summed E-state index contributed by atoms with van der Waals surface area (Å²) in [5, 5.41) is 2.90. The molecule has 0 atom stereocenters. The number of rotatable bonds is 4. The molecule has 0 aliphatic carbocycles. The highest BCUT2D eigenvalue weighted by Gasteiger charge is 1.92. The van der Waals surface area contributed by atoms with Crippen LogP contribution in [-0.2, 0) is 6.42 Å². The molecule has 1 heterocycles. The van der Waals surface area contributed by atoms with Gasteiger partial charge in [-0.15, -0.1) is 29.9 Å². The molecule has 17 heavy (non-hydrogen) atoms. The maximum Gasteiger partial charge on any atom is 0.189 e. The second kappa shape index (κ2) is 9.90. The fraction of sp³-hybridized carbons (Fsp3) is 0.333. The van der Waals surface area contributed by atoms with Gasteiger partial charge in [0.2, 0.25) is 0 Å². The van der Waals surface area contributed by atoms with Crippen molar-refractivity contribution in [3.63, 3.8) is 0 Å². The lowest BCUT2D eigenvalue weighted by Gasteiger charge is -2.01. The molecule has 5 heteroatoms. The van der Waals surface area contributed by atoms with Crippen LogP contribution >= 0.6 is 24.0 Å². The van der Waals surface area contributed by atoms with Crippen LogP contribution in [-0.4, -0.2) is 24.0 Å². The molecule has 1 rings (SSSR count). The summed E-state index contributed by atoms with van der Waals surface area (Å²) in [4.78, 5) is 8.36. The van der Waals surface area contributed by atoms with E-state index in [4.69, 9.17) is 5.73 Å². The largest absolute Gasteiger partial charge is 0.370 e. The Kier molecular flexibility index (Phi) is 9.15. The standard InChI is InChI=1S/C12H16N4.HI/c1-2-3-8-15-12(13)16-10-7-11-6-4-5-9-14-11;/h4-6,9H,7-8,10H2,1H3,(H3,13,15,16);1H. The van der Waals surface area contributed by atoms with Crippen LogP contribution in [0.5, 0.6) is 0 Å². The number of nitrogens with one attached hydrogen (secondary N) is 1. The molecule has 0 saturated heterocycles. The molecule has 0 aliphatic rings. The van der Waals surface area contributed by atoms with Crippen molar-refractivity contribution < 1.29 is 0 Å². The molecule has 1 aromatic heterocycles. The lowest BCUT2D eigenvalue weighted by atomic mass is 10.3. The van der Waals surface area contributed by atoms with Crippen LogP contribution in [0.25, 0.3) is 0 Å². The van der Waals surface area contributed by atoms with E-state index in [-0.39, 0.29) is 24.0 Å². The quantitative estimate of drug-likeness (QED) is 0.373. The van der Waals surface area contributed by atoms with E-state index >= 15 is 0 Å². The van der Waals surface area contributed by atoms with Crippen LogP contribution in [0.3, 0.4) is 0 Å². The minimum absolute atomic E-state index is 0. The molecule has 0 amide bonds. The van der Waals surface area contributed by atoms with Gasteiger partial charge >= 0.3 is 0 Å². The number of nitrogens with two attached hydrogens (primary N) is 1. The predicted octanol–water partition coefficient (Wildman–Crippen LogP) is 1.17. The average molecular weight is 344 g/mol. The Balaban J connectivity index is 0.00000256. The Morgan fingerprint density at radius 3 is 3.00 bits per heavy atom. The van der Waals surface area contributed by atoms with Crippen molar-refractivity contribution in [1.29, 1.82) is 0 Å². The summed E-state index contributed by atoms with van der Waals surface area (Å²) in [6, 6.07) is 5.83. The Morgan fingerprint density at radius 2 is 2.35 bits per heavy atom. The molecule has 0 aromatic carbocycles. The van der Waals surface area contributed by atoms with Crippen molar-refractivity contribution in [3.05, 3.63) is 30.1 Å². The molecule has 0 unspecified atom stereocenters. The third-order valence-corrected chi connectivity index (χ3v) is 1.91. The van der Waals surface area contributed by atoms with Crippen molar-refractivity contribution in [3.8, 4) is 11.8 Å². The van der Waals surface area contributed by atoms with Crippen LogP contribution in [0, 0.1) is 11.8 Å². The van der Waals surface area contributed by atoms with E-state index in [0.29, 0.717) is 19.0 Å². The highest BCUT2D eigenvalue weighted by molar-refractivity contribution is 14.0. The van der Waals surface area contributed by atoms with Crippen LogP contribution in [0.4, 0.5) is 0 Å². The van der Waals surface area contributed by atoms with E-state index in [2.05, 4.69) is 27.1 Å². The summed E-state index contributed by atoms with van der Waals surface area (Å²) in [5.41, 5.74) is 6.65. The summed E-state index contributed by atoms with van der Waals surface area (Å²) in [7, 11) is 0. The van der Waals surface area contributed by atoms with Crippen LogP contribution in [0.1, 0.15) is 12.6 Å². The second-order valence-electron chi connectivity index (χ2n) is 3.12. The van der Waals surface area contributed by atoms with Gasteiger partial charge in [-0.05, 0) is 19.1 Å². The number of hydrogen-bond acceptors (Lipinski definition) is 2. The molecule has 1 aromatic rings. The van der Waals surface area contributed by atoms with Gasteiger partial charge in [0.15, 0.2) is 5.96 Å². The molecular formula is C12H17IN4. The number of aromatic nitrogens is 1. The fourth-order valence-electron chi connectivity index (χ4n) is 1.12. The predicted molar refractivity (Wildman–Crippen MR) is 81.3 cm³/mol. The first-order valence-electron chi connectivity index (χ1n) is 5.16. The molecule has 3 N–H and O–H groups in total. The highest BCUT2D eigenvalue weighted by atomic mass is 127. The maximum atomic E-state index is 5.63. The minimum Gasteiger partial charge on any atom is -0.370 e. The second-order valence-corrected chi connectivity index (χ2v) is 3.12. The summed E-state index contributed by atoms with van der Waals surface area (Å²) in [6.45, 7) is 2.96. The van der Waals surface area contributed by atoms with E-state index < -0.39 is 0 Å². The average Bonchev–Trinajstić information content (AvgIpc) is 2.31. The van der Waals surface area contributed by atoms with Gasteiger partial charge in [0, 0.05) is 24.9 Å². The Morgan fingerprint density at radius 1 is 1.53 bits per heavy atom. The van der Waals surface area contributed by atoms with Crippen molar-refractivity contribution in [2.75, 3.05) is 13.1 Å². The Labute approximate surface area is 119 Å². The normalized spacial score (nSPS) is 9.82. The van der Waals surface area contributed by atoms with Gasteiger partial charge in [0.1, 0.15) is 0 Å². The van der Waals surface area contributed by atoms with E-state index in [1.54, 1.807) is 13.1 Å². The topological polar surface area (TPSA) is 63.3 Å². The number of aliphatic imine (C=N–C) groups is 1. The first-order chi connectivity index (χ1) is 7.83. The minimum atomic E-state index is 0. The summed E-state index contributed by atoms with van der Waals surface area (Å²) in [5.74, 6) is 6.05. The van der Waals surface area contributed by atoms with Gasteiger partial charge < -0.3 is 11.1 Å². The van der Waals surface area contributed by atoms with Gasteiger partial charge in [-0.3, -0.25) is 9.98 Å². The van der Waals surface area contributed by atoms with Crippen molar-refractivity contribution in [2.45, 2.75) is 13.3 Å². The van der Waals surface area contributed by atoms with Crippen molar-refractivity contribution in [1.82, 2.24) is 10.3 Å². The molecule has 0 bridgehead atoms. The highest BCUT2D eigenvalue weighted by Crippen LogP contribution is 1.94. The third kappa shape index (κ3) is 7.58. The number of nitrogens with zero attached hydrogens (tertiary/aromatic N) is 2. The summed E-state index contributed by atoms with van der Waals surface area (Å²) >= 11 is 0. The summed E-state index contributed by atoms with van der Waals surface area (Å²) < 4.78 is 0. The van der Waals surface area contributed by atoms with E-state index in [1.807, 2.05) is 18.2 Å². The summed E-state index contributed by atoms with van der Waals surface area (Å²) in [6.07, 6.45) is 2.57. The Hall–Kier alpha value is -1.29. The SMILES string of the molecule is CC#CCNC(N)=NCCc1ccccn1.I. The zero-order valence-electron chi connectivity index (χ0n) is 9.81. The Bertz CT molecular complexity index is 392. The monoisotopic (exact) mass is 344 g/mol. The van der Waals surface area contributed by atoms with Gasteiger partial charge in [-0.25, -0.2) is 0 Å². The first-order valence-corrected chi connectivity index (χ1v) is 5.16. The molecule has 92 valence electrons. The number of hydrogen-bond donors (Lipinski definition) is 2. The van der Waals surface area contributed by atoms with Gasteiger partial charge in [-0.2, -0.15) is 0 Å². The lowest BCUT2D eigenvalue weighted by molar-refractivity contribution is 0.903. The third-order valence-electron chi connectivity index (χ3n) is 1.91. The van der Waals surface area contributed by atoms with Crippen LogP contribution in [0.2, 0.25) is 0 Å². The molecule has 0 radical (unpaired) electrons. The van der Waals surface area contributed by atoms with Crippen LogP contribution < -0.4 is 11.1 Å². The van der Waals surface area contributed by atoms with E-state index in [1.165, 1.54) is 0 Å². The lowest BCUT2D eigenvalue weighted by Crippen LogP contribution is -2.32. The van der Waals surface area contributed by atoms with Gasteiger partial charge in [0.05, 0.1) is 6.54 Å². The maximum absolute atomic E-state index is 5.63. The smallest absolute Gasteiger partial charge is 0.189 e. The number of pyridine rings is 1. The molecular weight excluding hydrogens is 327 g/mol. The van der Waals surface area contributed by atoms with E-state index in [0.717, 1.165) is 12.1 Å². The molecule has 0 saturated carbocycles. The van der Waals surface area contributed by atoms with E-state index in [9.17, 15) is 0 Å².